The molecule has 0 bridgehead atoms. The van der Waals surface area contributed by atoms with Gasteiger partial charge in [0.15, 0.2) is 0 Å². The summed E-state index contributed by atoms with van der Waals surface area (Å²) in [5, 5.41) is 0. The van der Waals surface area contributed by atoms with Crippen molar-refractivity contribution in [2.45, 2.75) is 0 Å². The van der Waals surface area contributed by atoms with Crippen LogP contribution in [0.3, 0.4) is 0 Å². The van der Waals surface area contributed by atoms with Gasteiger partial charge in [0.1, 0.15) is 11.6 Å². The van der Waals surface area contributed by atoms with Gasteiger partial charge in [0, 0.05) is 5.56 Å². The Bertz CT molecular complexity index is 513. The minimum Gasteiger partial charge on any atom is -0.207 e. The Labute approximate surface area is 92.9 Å². The molecule has 2 aromatic carbocycles. The molecular weight excluding hydrogens is 206 g/mol. The first kappa shape index (κ1) is 10.6. The lowest BCUT2D eigenvalue weighted by atomic mass is 9.99. The second-order valence-electron chi connectivity index (χ2n) is 3.47. The molecule has 0 radical (unpaired) electrons. The van der Waals surface area contributed by atoms with Crippen LogP contribution in [0.5, 0.6) is 0 Å². The molecule has 0 saturated heterocycles. The van der Waals surface area contributed by atoms with Crippen molar-refractivity contribution >= 4 is 5.57 Å². The van der Waals surface area contributed by atoms with Crippen molar-refractivity contribution in [2.24, 2.45) is 0 Å². The van der Waals surface area contributed by atoms with Crippen LogP contribution in [0.15, 0.2) is 55.1 Å². The van der Waals surface area contributed by atoms with Gasteiger partial charge in [-0.1, -0.05) is 36.9 Å². The Balaban J connectivity index is 2.40. The Morgan fingerprint density at radius 1 is 0.875 bits per heavy atom. The zero-order valence-electron chi connectivity index (χ0n) is 8.58. The van der Waals surface area contributed by atoms with E-state index in [1.807, 2.05) is 0 Å². The molecule has 0 nitrogen and oxygen atoms in total. The van der Waals surface area contributed by atoms with E-state index in [0.29, 0.717) is 16.7 Å². The van der Waals surface area contributed by atoms with Gasteiger partial charge in [-0.05, 0) is 29.3 Å². The van der Waals surface area contributed by atoms with Crippen molar-refractivity contribution < 1.29 is 8.78 Å². The van der Waals surface area contributed by atoms with E-state index in [1.54, 1.807) is 30.3 Å². The van der Waals surface area contributed by atoms with E-state index in [9.17, 15) is 8.78 Å². The van der Waals surface area contributed by atoms with Gasteiger partial charge < -0.3 is 0 Å². The molecule has 0 aliphatic heterocycles. The standard InChI is InChI=1S/C14H10F2/c1-10(11-6-8-12(15)9-7-11)13-4-2-3-5-14(13)16/h2-9H,1H2. The fourth-order valence-corrected chi connectivity index (χ4v) is 1.51. The lowest BCUT2D eigenvalue weighted by Gasteiger charge is -2.07. The molecule has 0 spiro atoms. The maximum Gasteiger partial charge on any atom is 0.131 e. The molecule has 0 saturated carbocycles. The molecule has 16 heavy (non-hydrogen) atoms. The average molecular weight is 216 g/mol. The molecule has 0 heterocycles. The quantitative estimate of drug-likeness (QED) is 0.711. The van der Waals surface area contributed by atoms with Crippen LogP contribution in [0.25, 0.3) is 5.57 Å². The van der Waals surface area contributed by atoms with E-state index in [0.717, 1.165) is 0 Å². The molecule has 2 aromatic rings. The topological polar surface area (TPSA) is 0 Å². The minimum atomic E-state index is -0.322. The fourth-order valence-electron chi connectivity index (χ4n) is 1.51. The fraction of sp³-hybridized carbons (Fsp3) is 0. The lowest BCUT2D eigenvalue weighted by molar-refractivity contribution is 0.624. The maximum absolute atomic E-state index is 13.5. The van der Waals surface area contributed by atoms with Crippen LogP contribution in [0, 0.1) is 11.6 Å². The SMILES string of the molecule is C=C(c1ccc(F)cc1)c1ccccc1F. The number of benzene rings is 2. The highest BCUT2D eigenvalue weighted by Crippen LogP contribution is 2.23. The van der Waals surface area contributed by atoms with Crippen molar-refractivity contribution in [3.8, 4) is 0 Å². The van der Waals surface area contributed by atoms with Gasteiger partial charge >= 0.3 is 0 Å². The van der Waals surface area contributed by atoms with Gasteiger partial charge in [0.2, 0.25) is 0 Å². The summed E-state index contributed by atoms with van der Waals surface area (Å²) in [4.78, 5) is 0. The summed E-state index contributed by atoms with van der Waals surface area (Å²) in [5.74, 6) is -0.637. The Morgan fingerprint density at radius 2 is 1.50 bits per heavy atom. The molecular formula is C14H10F2. The molecule has 0 aromatic heterocycles. The summed E-state index contributed by atoms with van der Waals surface area (Å²) >= 11 is 0. The van der Waals surface area contributed by atoms with Crippen LogP contribution in [0.1, 0.15) is 11.1 Å². The number of halogens is 2. The summed E-state index contributed by atoms with van der Waals surface area (Å²) in [7, 11) is 0. The van der Waals surface area contributed by atoms with E-state index in [1.165, 1.54) is 18.2 Å². The summed E-state index contributed by atoms with van der Waals surface area (Å²) in [6, 6.07) is 12.2. The number of rotatable bonds is 2. The minimum absolute atomic E-state index is 0.315. The second kappa shape index (κ2) is 4.27. The average Bonchev–Trinajstić information content (AvgIpc) is 2.30. The van der Waals surface area contributed by atoms with E-state index >= 15 is 0 Å². The highest BCUT2D eigenvalue weighted by atomic mass is 19.1. The third-order valence-electron chi connectivity index (χ3n) is 2.39. The Kier molecular flexibility index (Phi) is 2.82. The number of hydrogen-bond acceptors (Lipinski definition) is 0. The van der Waals surface area contributed by atoms with Gasteiger partial charge in [0.25, 0.3) is 0 Å². The Morgan fingerprint density at radius 3 is 2.12 bits per heavy atom. The summed E-state index contributed by atoms with van der Waals surface area (Å²) in [6.07, 6.45) is 0. The molecule has 2 heteroatoms. The molecule has 0 aliphatic carbocycles. The summed E-state index contributed by atoms with van der Waals surface area (Å²) < 4.78 is 26.2. The first-order valence-electron chi connectivity index (χ1n) is 4.88. The van der Waals surface area contributed by atoms with Gasteiger partial charge in [0.05, 0.1) is 0 Å². The van der Waals surface area contributed by atoms with Crippen LogP contribution in [-0.2, 0) is 0 Å². The molecule has 0 amide bonds. The largest absolute Gasteiger partial charge is 0.207 e. The molecule has 2 rings (SSSR count). The van der Waals surface area contributed by atoms with E-state index in [2.05, 4.69) is 6.58 Å². The lowest BCUT2D eigenvalue weighted by Crippen LogP contribution is -1.90. The monoisotopic (exact) mass is 216 g/mol. The smallest absolute Gasteiger partial charge is 0.131 e. The first-order chi connectivity index (χ1) is 7.68. The maximum atomic E-state index is 13.5. The van der Waals surface area contributed by atoms with Crippen LogP contribution < -0.4 is 0 Å². The van der Waals surface area contributed by atoms with Crippen molar-refractivity contribution in [1.82, 2.24) is 0 Å². The predicted molar refractivity (Wildman–Crippen MR) is 60.9 cm³/mol. The third-order valence-corrected chi connectivity index (χ3v) is 2.39. The zero-order valence-corrected chi connectivity index (χ0v) is 8.58. The summed E-state index contributed by atoms with van der Waals surface area (Å²) in [5.41, 5.74) is 1.71. The van der Waals surface area contributed by atoms with Gasteiger partial charge in [-0.25, -0.2) is 8.78 Å². The van der Waals surface area contributed by atoms with Gasteiger partial charge in [-0.2, -0.15) is 0 Å². The van der Waals surface area contributed by atoms with Crippen LogP contribution in [-0.4, -0.2) is 0 Å². The molecule has 0 N–H and O–H groups in total. The van der Waals surface area contributed by atoms with Crippen molar-refractivity contribution in [3.05, 3.63) is 77.9 Å². The van der Waals surface area contributed by atoms with E-state index < -0.39 is 0 Å². The molecule has 0 fully saturated rings. The highest BCUT2D eigenvalue weighted by Gasteiger charge is 2.06. The predicted octanol–water partition coefficient (Wildman–Crippen LogP) is 4.03. The molecule has 80 valence electrons. The van der Waals surface area contributed by atoms with Crippen molar-refractivity contribution in [2.75, 3.05) is 0 Å². The molecule has 0 aliphatic rings. The highest BCUT2D eigenvalue weighted by molar-refractivity contribution is 5.78. The van der Waals surface area contributed by atoms with E-state index in [4.69, 9.17) is 0 Å². The van der Waals surface area contributed by atoms with Gasteiger partial charge in [-0.3, -0.25) is 0 Å². The first-order valence-corrected chi connectivity index (χ1v) is 4.88. The normalized spacial score (nSPS) is 10.1. The Hall–Kier alpha value is -1.96. The van der Waals surface area contributed by atoms with Gasteiger partial charge in [-0.15, -0.1) is 0 Å². The molecule has 0 atom stereocenters. The zero-order chi connectivity index (χ0) is 11.5. The van der Waals surface area contributed by atoms with Crippen LogP contribution in [0.4, 0.5) is 8.78 Å². The summed E-state index contributed by atoms with van der Waals surface area (Å²) in [6.45, 7) is 3.82. The number of hydrogen-bond donors (Lipinski definition) is 0. The molecule has 0 unspecified atom stereocenters. The second-order valence-corrected chi connectivity index (χ2v) is 3.47. The van der Waals surface area contributed by atoms with Crippen LogP contribution in [0.2, 0.25) is 0 Å². The third kappa shape index (κ3) is 2.01. The van der Waals surface area contributed by atoms with Crippen LogP contribution >= 0.6 is 0 Å². The van der Waals surface area contributed by atoms with Crippen molar-refractivity contribution in [1.29, 1.82) is 0 Å². The van der Waals surface area contributed by atoms with Crippen molar-refractivity contribution in [3.63, 3.8) is 0 Å². The van der Waals surface area contributed by atoms with E-state index in [-0.39, 0.29) is 11.6 Å².